The van der Waals surface area contributed by atoms with E-state index in [4.69, 9.17) is 0 Å². The summed E-state index contributed by atoms with van der Waals surface area (Å²) in [5.41, 5.74) is 11.8. The van der Waals surface area contributed by atoms with Crippen LogP contribution < -0.4 is 9.80 Å². The topological polar surface area (TPSA) is 6.48 Å². The molecule has 0 saturated carbocycles. The number of hydrogen-bond donors (Lipinski definition) is 0. The predicted octanol–water partition coefficient (Wildman–Crippen LogP) is 25.0. The van der Waals surface area contributed by atoms with Crippen LogP contribution in [0.1, 0.15) is 120 Å². The molecule has 10 aromatic rings. The lowest BCUT2D eigenvalue weighted by Crippen LogP contribution is -2.35. The molecule has 19 rings (SSSR count). The van der Waals surface area contributed by atoms with Crippen molar-refractivity contribution >= 4 is 45.3 Å². The highest BCUT2D eigenvalue weighted by atomic mass is 19.2. The molecule has 0 fully saturated rings. The first-order valence-electron chi connectivity index (χ1n) is 36.1. The maximum Gasteiger partial charge on any atom is 0.200 e. The van der Waals surface area contributed by atoms with E-state index in [1.165, 1.54) is 0 Å². The average Bonchev–Trinajstić information content (AvgIpc) is 1.58. The van der Waals surface area contributed by atoms with Crippen molar-refractivity contribution < 1.29 is 43.9 Å². The second-order valence-electron chi connectivity index (χ2n) is 29.5. The van der Waals surface area contributed by atoms with Crippen molar-refractivity contribution in [1.82, 2.24) is 0 Å². The number of para-hydroxylation sites is 2. The maximum atomic E-state index is 17.3. The van der Waals surface area contributed by atoms with Gasteiger partial charge in [-0.05, 0) is 238 Å². The van der Waals surface area contributed by atoms with Crippen LogP contribution in [0, 0.1) is 81.8 Å². The van der Waals surface area contributed by atoms with Gasteiger partial charge in [0.1, 0.15) is 0 Å². The van der Waals surface area contributed by atoms with Crippen LogP contribution >= 0.6 is 0 Å². The number of allylic oxidation sites excluding steroid dienone is 14. The van der Waals surface area contributed by atoms with Gasteiger partial charge in [-0.25, -0.2) is 43.9 Å². The molecule has 6 atom stereocenters. The third kappa shape index (κ3) is 8.98. The SMILES string of the molecule is C=CC1CCC2=C[C@@H]1C1=CCCC3=C1c1ccc(N(c4ccccc4)c4ccc5c(c4)C(c4ccccc4)(c4ccccc4)c4cc(N(c6ccccc6)c6ccc7c(c6)C6(c8c(F)c(F)c(F)c(F)c8F)CC8=C[C@@H](C9=CCCC6=C97)C(C=C)CC8)ccc4-5)cc1C3(c1c(F)c(F)c(F)c(F)c1F)C2. The van der Waals surface area contributed by atoms with Gasteiger partial charge in [-0.2, -0.15) is 0 Å². The largest absolute Gasteiger partial charge is 0.310 e. The Labute approximate surface area is 602 Å². The molecule has 10 aromatic carbocycles. The van der Waals surface area contributed by atoms with Crippen molar-refractivity contribution in [1.29, 1.82) is 0 Å². The van der Waals surface area contributed by atoms with Crippen LogP contribution in [-0.4, -0.2) is 0 Å². The van der Waals surface area contributed by atoms with Crippen molar-refractivity contribution in [3.63, 3.8) is 0 Å². The van der Waals surface area contributed by atoms with E-state index in [0.29, 0.717) is 108 Å². The minimum atomic E-state index is -2.21. The van der Waals surface area contributed by atoms with E-state index in [1.54, 1.807) is 0 Å². The van der Waals surface area contributed by atoms with E-state index in [1.807, 2.05) is 158 Å². The molecular formula is C93H66F10N2. The molecule has 0 N–H and O–H groups in total. The highest BCUT2D eigenvalue weighted by Gasteiger charge is 2.57. The van der Waals surface area contributed by atoms with Crippen LogP contribution in [0.5, 0.6) is 0 Å². The van der Waals surface area contributed by atoms with Gasteiger partial charge in [0.15, 0.2) is 46.5 Å². The van der Waals surface area contributed by atoms with Crippen LogP contribution in [-0.2, 0) is 16.2 Å². The summed E-state index contributed by atoms with van der Waals surface area (Å²) in [5, 5.41) is 0. The molecule has 0 saturated heterocycles. The average molecular weight is 1400 g/mol. The number of anilines is 6. The molecule has 4 unspecified atom stereocenters. The molecule has 0 aliphatic heterocycles. The molecule has 0 aromatic heterocycles. The van der Waals surface area contributed by atoms with E-state index in [9.17, 15) is 0 Å². The highest BCUT2D eigenvalue weighted by Crippen LogP contribution is 2.67. The first kappa shape index (κ1) is 64.8. The Morgan fingerprint density at radius 3 is 1.02 bits per heavy atom. The lowest BCUT2D eigenvalue weighted by molar-refractivity contribution is 0.352. The summed E-state index contributed by atoms with van der Waals surface area (Å²) in [6, 6.07) is 64.3. The second-order valence-corrected chi connectivity index (χ2v) is 29.5. The number of hydrogen-bond acceptors (Lipinski definition) is 2. The standard InChI is InChI=1S/C93H66F10N2/c1-3-53-33-31-51-43-69(53)65-27-17-29-71-77(65)67-41-37-59(45-73(67)91(71,49-51)79-81(94)85(98)89(102)86(99)82(79)95)104(57-23-13-7-14-24-57)61-35-39-63-64-40-36-62(48-76(64)93(75(63)47-61,55-19-9-5-10-20-55)56-21-11-6-12-22-56)105(58-25-15-8-16-26-58)60-38-42-68-74(46-60)92(80-83(96)87(100)90(103)88(101)84(80)97)50-52-32-34-54(4-2)70(44-52)66-28-18-30-72(92)78(66)68/h3-16,19-28,35-48,53-54,69-70H,1-2,17-18,29-34,49-50H2/t53?,54?,69-,70+,91?,92?. The third-order valence-electron chi connectivity index (χ3n) is 24.7. The van der Waals surface area contributed by atoms with Gasteiger partial charge in [-0.1, -0.05) is 169 Å². The van der Waals surface area contributed by atoms with Gasteiger partial charge in [0.05, 0.1) is 16.2 Å². The van der Waals surface area contributed by atoms with Crippen molar-refractivity contribution in [2.45, 2.75) is 80.5 Å². The Morgan fingerprint density at radius 2 is 0.667 bits per heavy atom. The first-order chi connectivity index (χ1) is 51.1. The van der Waals surface area contributed by atoms with Crippen LogP contribution in [0.3, 0.4) is 0 Å². The fraction of sp³-hybridized carbons (Fsp3) is 0.183. The van der Waals surface area contributed by atoms with Gasteiger partial charge in [-0.15, -0.1) is 13.2 Å². The molecule has 12 heteroatoms. The van der Waals surface area contributed by atoms with Gasteiger partial charge in [0.25, 0.3) is 0 Å². The quantitative estimate of drug-likeness (QED) is 0.0521. The van der Waals surface area contributed by atoms with E-state index in [-0.39, 0.29) is 36.5 Å². The van der Waals surface area contributed by atoms with E-state index in [2.05, 4.69) is 95.8 Å². The number of rotatable bonds is 12. The predicted molar refractivity (Wildman–Crippen MR) is 394 cm³/mol. The monoisotopic (exact) mass is 1400 g/mol. The minimum absolute atomic E-state index is 0.00413. The zero-order valence-corrected chi connectivity index (χ0v) is 56.9. The zero-order chi connectivity index (χ0) is 71.7. The Hall–Kier alpha value is -11.0. The lowest BCUT2D eigenvalue weighted by Gasteiger charge is -2.42. The summed E-state index contributed by atoms with van der Waals surface area (Å²) in [7, 11) is 0. The molecule has 9 aliphatic rings. The molecule has 0 radical (unpaired) electrons. The molecule has 105 heavy (non-hydrogen) atoms. The van der Waals surface area contributed by atoms with E-state index < -0.39 is 85.5 Å². The molecule has 12 bridgehead atoms. The Kier molecular flexibility index (Phi) is 14.8. The van der Waals surface area contributed by atoms with Crippen LogP contribution in [0.25, 0.3) is 22.3 Å². The van der Waals surface area contributed by atoms with Gasteiger partial charge < -0.3 is 9.80 Å². The van der Waals surface area contributed by atoms with E-state index in [0.717, 1.165) is 78.2 Å². The summed E-state index contributed by atoms with van der Waals surface area (Å²) in [6.45, 7) is 8.44. The summed E-state index contributed by atoms with van der Waals surface area (Å²) < 4.78 is 165. The van der Waals surface area contributed by atoms with Crippen LogP contribution in [0.2, 0.25) is 0 Å². The lowest BCUT2D eigenvalue weighted by atomic mass is 9.61. The number of nitrogens with zero attached hydrogens (tertiary/aromatic N) is 2. The maximum absolute atomic E-state index is 17.3. The van der Waals surface area contributed by atoms with E-state index >= 15 is 43.9 Å². The molecule has 518 valence electrons. The van der Waals surface area contributed by atoms with Crippen molar-refractivity contribution in [3.05, 3.63) is 391 Å². The summed E-state index contributed by atoms with van der Waals surface area (Å²) in [6.07, 6.45) is 16.7. The Morgan fingerprint density at radius 1 is 0.343 bits per heavy atom. The molecule has 0 spiro atoms. The molecule has 0 heterocycles. The fourth-order valence-electron chi connectivity index (χ4n) is 20.5. The highest BCUT2D eigenvalue weighted by molar-refractivity contribution is 5.98. The van der Waals surface area contributed by atoms with Crippen molar-refractivity contribution in [2.75, 3.05) is 9.80 Å². The van der Waals surface area contributed by atoms with Crippen molar-refractivity contribution in [2.24, 2.45) is 23.7 Å². The number of benzene rings is 10. The Balaban J connectivity index is 0.818. The summed E-state index contributed by atoms with van der Waals surface area (Å²) in [4.78, 5) is 4.17. The van der Waals surface area contributed by atoms with Gasteiger partial charge >= 0.3 is 0 Å². The first-order valence-corrected chi connectivity index (χ1v) is 36.1. The van der Waals surface area contributed by atoms with Crippen LogP contribution in [0.4, 0.5) is 78.0 Å². The minimum Gasteiger partial charge on any atom is -0.310 e. The zero-order valence-electron chi connectivity index (χ0n) is 56.9. The summed E-state index contributed by atoms with van der Waals surface area (Å²) >= 11 is 0. The van der Waals surface area contributed by atoms with Gasteiger partial charge in [0.2, 0.25) is 11.6 Å². The van der Waals surface area contributed by atoms with Crippen molar-refractivity contribution in [3.8, 4) is 11.1 Å². The Bertz CT molecular complexity index is 5240. The summed E-state index contributed by atoms with van der Waals surface area (Å²) in [5.74, 6) is -19.9. The molecule has 2 nitrogen and oxygen atoms in total. The van der Waals surface area contributed by atoms with Gasteiger partial charge in [-0.3, -0.25) is 0 Å². The third-order valence-corrected chi connectivity index (χ3v) is 24.7. The molecular weight excluding hydrogens is 1340 g/mol. The van der Waals surface area contributed by atoms with Crippen LogP contribution in [0.15, 0.2) is 277 Å². The number of halogens is 10. The van der Waals surface area contributed by atoms with Gasteiger partial charge in [0, 0.05) is 57.1 Å². The normalized spacial score (nSPS) is 22.4. The molecule has 9 aliphatic carbocycles. The number of fused-ring (bicyclic) bond motifs is 11. The smallest absolute Gasteiger partial charge is 0.200 e. The second kappa shape index (κ2) is 24.0. The molecule has 0 amide bonds. The fourth-order valence-corrected chi connectivity index (χ4v) is 20.5.